The SMILES string of the molecule is CN=C(NCc1cccc(OCC(=O)N(C)C)c1)N1CCN(C(=O)C2CCCO2)CC1. The van der Waals surface area contributed by atoms with E-state index in [1.807, 2.05) is 29.2 Å². The van der Waals surface area contributed by atoms with Gasteiger partial charge in [0.1, 0.15) is 11.9 Å². The number of likely N-dealkylation sites (N-methyl/N-ethyl adjacent to an activating group) is 1. The molecule has 31 heavy (non-hydrogen) atoms. The van der Waals surface area contributed by atoms with Gasteiger partial charge >= 0.3 is 0 Å². The van der Waals surface area contributed by atoms with Gasteiger partial charge in [0, 0.05) is 60.5 Å². The van der Waals surface area contributed by atoms with Crippen LogP contribution in [-0.4, -0.2) is 99.1 Å². The second kappa shape index (κ2) is 11.0. The summed E-state index contributed by atoms with van der Waals surface area (Å²) in [6.07, 6.45) is 1.53. The number of ether oxygens (including phenoxy) is 2. The van der Waals surface area contributed by atoms with Crippen LogP contribution >= 0.6 is 0 Å². The van der Waals surface area contributed by atoms with Crippen LogP contribution in [0.25, 0.3) is 0 Å². The van der Waals surface area contributed by atoms with Crippen LogP contribution in [0.5, 0.6) is 5.75 Å². The second-order valence-corrected chi connectivity index (χ2v) is 7.94. The van der Waals surface area contributed by atoms with Crippen LogP contribution in [0.3, 0.4) is 0 Å². The van der Waals surface area contributed by atoms with Crippen molar-refractivity contribution in [3.63, 3.8) is 0 Å². The monoisotopic (exact) mass is 431 g/mol. The molecule has 2 aliphatic heterocycles. The molecule has 3 rings (SSSR count). The summed E-state index contributed by atoms with van der Waals surface area (Å²) < 4.78 is 11.1. The Kier molecular flexibility index (Phi) is 8.11. The van der Waals surface area contributed by atoms with Crippen LogP contribution in [-0.2, 0) is 20.9 Å². The van der Waals surface area contributed by atoms with E-state index in [0.717, 1.165) is 37.5 Å². The van der Waals surface area contributed by atoms with Crippen molar-refractivity contribution >= 4 is 17.8 Å². The fourth-order valence-electron chi connectivity index (χ4n) is 3.65. The van der Waals surface area contributed by atoms with Crippen molar-refractivity contribution in [1.82, 2.24) is 20.0 Å². The molecule has 0 saturated carbocycles. The molecule has 2 heterocycles. The van der Waals surface area contributed by atoms with E-state index in [4.69, 9.17) is 9.47 Å². The van der Waals surface area contributed by atoms with E-state index < -0.39 is 0 Å². The lowest BCUT2D eigenvalue weighted by Crippen LogP contribution is -2.55. The predicted octanol–water partition coefficient (Wildman–Crippen LogP) is 0.552. The predicted molar refractivity (Wildman–Crippen MR) is 118 cm³/mol. The Bertz CT molecular complexity index is 784. The van der Waals surface area contributed by atoms with Crippen molar-refractivity contribution in [2.75, 3.05) is 60.5 Å². The molecule has 1 unspecified atom stereocenters. The molecular formula is C22H33N5O4. The Hall–Kier alpha value is -2.81. The van der Waals surface area contributed by atoms with Crippen molar-refractivity contribution < 1.29 is 19.1 Å². The molecule has 1 N–H and O–H groups in total. The molecule has 9 heteroatoms. The topological polar surface area (TPSA) is 86.7 Å². The van der Waals surface area contributed by atoms with Crippen LogP contribution in [0, 0.1) is 0 Å². The van der Waals surface area contributed by atoms with Gasteiger partial charge < -0.3 is 29.5 Å². The minimum atomic E-state index is -0.258. The molecule has 0 radical (unpaired) electrons. The number of amides is 2. The molecule has 2 amide bonds. The van der Waals surface area contributed by atoms with Crippen molar-refractivity contribution in [3.05, 3.63) is 29.8 Å². The minimum Gasteiger partial charge on any atom is -0.484 e. The third kappa shape index (κ3) is 6.33. The van der Waals surface area contributed by atoms with E-state index in [-0.39, 0.29) is 24.5 Å². The number of carbonyl (C=O) groups is 2. The first-order valence-electron chi connectivity index (χ1n) is 10.8. The van der Waals surface area contributed by atoms with Gasteiger partial charge in [-0.05, 0) is 30.5 Å². The van der Waals surface area contributed by atoms with Gasteiger partial charge in [0.05, 0.1) is 0 Å². The highest BCUT2D eigenvalue weighted by atomic mass is 16.5. The van der Waals surface area contributed by atoms with E-state index in [0.29, 0.717) is 32.0 Å². The zero-order valence-corrected chi connectivity index (χ0v) is 18.7. The number of hydrogen-bond donors (Lipinski definition) is 1. The van der Waals surface area contributed by atoms with Gasteiger partial charge in [-0.3, -0.25) is 14.6 Å². The number of carbonyl (C=O) groups excluding carboxylic acids is 2. The lowest BCUT2D eigenvalue weighted by molar-refractivity contribution is -0.142. The Labute approximate surface area is 184 Å². The standard InChI is InChI=1S/C22H33N5O4/c1-23-22(27-11-9-26(10-12-27)21(29)19-8-5-13-30-19)24-15-17-6-4-7-18(14-17)31-16-20(28)25(2)3/h4,6-7,14,19H,5,8-13,15-16H2,1-3H3,(H,23,24). The maximum absolute atomic E-state index is 12.5. The number of nitrogens with one attached hydrogen (secondary N) is 1. The van der Waals surface area contributed by atoms with E-state index in [1.54, 1.807) is 21.1 Å². The highest BCUT2D eigenvalue weighted by molar-refractivity contribution is 5.83. The van der Waals surface area contributed by atoms with Crippen molar-refractivity contribution in [3.8, 4) is 5.75 Å². The number of aliphatic imine (C=N–C) groups is 1. The van der Waals surface area contributed by atoms with Crippen LogP contribution in [0.4, 0.5) is 0 Å². The van der Waals surface area contributed by atoms with Gasteiger partial charge in [0.2, 0.25) is 0 Å². The van der Waals surface area contributed by atoms with Crippen LogP contribution in [0.2, 0.25) is 0 Å². The fraction of sp³-hybridized carbons (Fsp3) is 0.591. The van der Waals surface area contributed by atoms with Gasteiger partial charge in [-0.25, -0.2) is 0 Å². The number of rotatable bonds is 6. The normalized spacial score (nSPS) is 19.3. The smallest absolute Gasteiger partial charge is 0.259 e. The molecule has 2 aliphatic rings. The summed E-state index contributed by atoms with van der Waals surface area (Å²) in [5.41, 5.74) is 1.03. The van der Waals surface area contributed by atoms with Crippen LogP contribution in [0.15, 0.2) is 29.3 Å². The van der Waals surface area contributed by atoms with Crippen molar-refractivity contribution in [2.24, 2.45) is 4.99 Å². The number of hydrogen-bond acceptors (Lipinski definition) is 5. The Morgan fingerprint density at radius 1 is 1.23 bits per heavy atom. The van der Waals surface area contributed by atoms with E-state index in [2.05, 4.69) is 15.2 Å². The zero-order valence-electron chi connectivity index (χ0n) is 18.7. The molecule has 0 aromatic heterocycles. The summed E-state index contributed by atoms with van der Waals surface area (Å²) in [5, 5.41) is 3.38. The molecular weight excluding hydrogens is 398 g/mol. The first-order chi connectivity index (χ1) is 15.0. The Balaban J connectivity index is 1.47. The Morgan fingerprint density at radius 3 is 2.61 bits per heavy atom. The molecule has 1 aromatic rings. The first kappa shape index (κ1) is 22.9. The second-order valence-electron chi connectivity index (χ2n) is 7.94. The molecule has 2 saturated heterocycles. The highest BCUT2D eigenvalue weighted by Crippen LogP contribution is 2.16. The van der Waals surface area contributed by atoms with Gasteiger partial charge in [-0.2, -0.15) is 0 Å². The quantitative estimate of drug-likeness (QED) is 0.523. The van der Waals surface area contributed by atoms with Gasteiger partial charge in [-0.1, -0.05) is 12.1 Å². The first-order valence-corrected chi connectivity index (χ1v) is 10.8. The lowest BCUT2D eigenvalue weighted by atomic mass is 10.2. The third-order valence-corrected chi connectivity index (χ3v) is 5.52. The molecule has 1 aromatic carbocycles. The van der Waals surface area contributed by atoms with Crippen molar-refractivity contribution in [2.45, 2.75) is 25.5 Å². The molecule has 2 fully saturated rings. The molecule has 0 spiro atoms. The van der Waals surface area contributed by atoms with Crippen LogP contribution in [0.1, 0.15) is 18.4 Å². The van der Waals surface area contributed by atoms with E-state index >= 15 is 0 Å². The summed E-state index contributed by atoms with van der Waals surface area (Å²) in [4.78, 5) is 34.2. The fourth-order valence-corrected chi connectivity index (χ4v) is 3.65. The average molecular weight is 432 g/mol. The number of piperazine rings is 1. The summed E-state index contributed by atoms with van der Waals surface area (Å²) in [7, 11) is 5.17. The van der Waals surface area contributed by atoms with E-state index in [9.17, 15) is 9.59 Å². The molecule has 0 aliphatic carbocycles. The maximum Gasteiger partial charge on any atom is 0.259 e. The summed E-state index contributed by atoms with van der Waals surface area (Å²) >= 11 is 0. The largest absolute Gasteiger partial charge is 0.484 e. The number of guanidine groups is 1. The minimum absolute atomic E-state index is 0.0143. The lowest BCUT2D eigenvalue weighted by Gasteiger charge is -2.37. The molecule has 1 atom stereocenters. The van der Waals surface area contributed by atoms with Crippen molar-refractivity contribution in [1.29, 1.82) is 0 Å². The zero-order chi connectivity index (χ0) is 22.2. The Morgan fingerprint density at radius 2 is 1.97 bits per heavy atom. The highest BCUT2D eigenvalue weighted by Gasteiger charge is 2.30. The summed E-state index contributed by atoms with van der Waals surface area (Å²) in [5.74, 6) is 1.50. The summed E-state index contributed by atoms with van der Waals surface area (Å²) in [6, 6.07) is 7.66. The number of benzene rings is 1. The maximum atomic E-state index is 12.5. The molecule has 0 bridgehead atoms. The van der Waals surface area contributed by atoms with Gasteiger partial charge in [-0.15, -0.1) is 0 Å². The number of nitrogens with zero attached hydrogens (tertiary/aromatic N) is 4. The average Bonchev–Trinajstić information content (AvgIpc) is 3.33. The molecule has 9 nitrogen and oxygen atoms in total. The third-order valence-electron chi connectivity index (χ3n) is 5.52. The van der Waals surface area contributed by atoms with Crippen LogP contribution < -0.4 is 10.1 Å². The van der Waals surface area contributed by atoms with E-state index in [1.165, 1.54) is 4.90 Å². The van der Waals surface area contributed by atoms with Gasteiger partial charge in [0.15, 0.2) is 12.6 Å². The van der Waals surface area contributed by atoms with Gasteiger partial charge in [0.25, 0.3) is 11.8 Å². The summed E-state index contributed by atoms with van der Waals surface area (Å²) in [6.45, 7) is 4.08. The molecule has 170 valence electrons.